The zero-order valence-corrected chi connectivity index (χ0v) is 12.3. The van der Waals surface area contributed by atoms with Crippen LogP contribution >= 0.6 is 11.6 Å². The fourth-order valence-electron chi connectivity index (χ4n) is 2.16. The van der Waals surface area contributed by atoms with Crippen LogP contribution in [-0.2, 0) is 0 Å². The van der Waals surface area contributed by atoms with E-state index in [0.717, 1.165) is 0 Å². The lowest BCUT2D eigenvalue weighted by Crippen LogP contribution is -2.40. The van der Waals surface area contributed by atoms with Crippen molar-refractivity contribution in [1.29, 1.82) is 0 Å². The molecule has 114 valence electrons. The summed E-state index contributed by atoms with van der Waals surface area (Å²) in [5, 5.41) is 12.8. The molecule has 1 amide bonds. The highest BCUT2D eigenvalue weighted by Gasteiger charge is 2.21. The van der Waals surface area contributed by atoms with Crippen molar-refractivity contribution in [2.75, 3.05) is 13.2 Å². The maximum Gasteiger partial charge on any atom is 0.255 e. The Kier molecular flexibility index (Phi) is 4.06. The van der Waals surface area contributed by atoms with Gasteiger partial charge in [0.2, 0.25) is 0 Å². The first-order chi connectivity index (χ1) is 10.6. The molecule has 0 radical (unpaired) electrons. The highest BCUT2D eigenvalue weighted by atomic mass is 35.5. The maximum atomic E-state index is 12.1. The first kappa shape index (κ1) is 14.5. The van der Waals surface area contributed by atoms with Gasteiger partial charge in [0.1, 0.15) is 18.5 Å². The van der Waals surface area contributed by atoms with E-state index in [1.165, 1.54) is 12.1 Å². The third-order valence-corrected chi connectivity index (χ3v) is 3.50. The summed E-state index contributed by atoms with van der Waals surface area (Å²) in [6.07, 6.45) is -0.284. The number of carbonyl (C=O) groups excluding carboxylic acids is 1. The van der Waals surface area contributed by atoms with Gasteiger partial charge in [-0.15, -0.1) is 0 Å². The number of hydrogen-bond donors (Lipinski definition) is 2. The molecule has 2 aromatic carbocycles. The van der Waals surface area contributed by atoms with E-state index in [4.69, 9.17) is 21.1 Å². The van der Waals surface area contributed by atoms with Crippen molar-refractivity contribution >= 4 is 17.5 Å². The Bertz CT molecular complexity index is 704. The van der Waals surface area contributed by atoms with Gasteiger partial charge < -0.3 is 19.9 Å². The van der Waals surface area contributed by atoms with Gasteiger partial charge in [0, 0.05) is 5.02 Å². The third-order valence-electron chi connectivity index (χ3n) is 3.26. The second kappa shape index (κ2) is 6.15. The molecule has 3 rings (SSSR count). The minimum absolute atomic E-state index is 0.156. The number of halogens is 1. The number of phenols is 1. The highest BCUT2D eigenvalue weighted by molar-refractivity contribution is 6.30. The summed E-state index contributed by atoms with van der Waals surface area (Å²) in [5.41, 5.74) is 0.168. The molecule has 22 heavy (non-hydrogen) atoms. The van der Waals surface area contributed by atoms with E-state index in [2.05, 4.69) is 5.32 Å². The van der Waals surface area contributed by atoms with Gasteiger partial charge in [0.25, 0.3) is 5.91 Å². The average Bonchev–Trinajstić information content (AvgIpc) is 2.52. The van der Waals surface area contributed by atoms with Crippen LogP contribution in [0.5, 0.6) is 17.2 Å². The molecule has 0 saturated carbocycles. The Balaban J connectivity index is 1.60. The summed E-state index contributed by atoms with van der Waals surface area (Å²) in [5.74, 6) is 0.801. The van der Waals surface area contributed by atoms with Crippen molar-refractivity contribution < 1.29 is 19.4 Å². The molecular formula is C16H14ClNO4. The highest BCUT2D eigenvalue weighted by Crippen LogP contribution is 2.30. The molecule has 2 N–H and O–H groups in total. The molecule has 1 aliphatic heterocycles. The second-order valence-corrected chi connectivity index (χ2v) is 5.31. The summed E-state index contributed by atoms with van der Waals surface area (Å²) >= 11 is 5.74. The normalized spacial score (nSPS) is 16.1. The van der Waals surface area contributed by atoms with E-state index in [9.17, 15) is 9.90 Å². The second-order valence-electron chi connectivity index (χ2n) is 4.87. The Morgan fingerprint density at radius 2 is 2.05 bits per heavy atom. The van der Waals surface area contributed by atoms with Crippen LogP contribution in [0.25, 0.3) is 0 Å². The van der Waals surface area contributed by atoms with Gasteiger partial charge >= 0.3 is 0 Å². The standard InChI is InChI=1S/C16H14ClNO4/c17-10-5-6-12(13(19)7-10)16(20)18-8-11-9-21-14-3-1-2-4-15(14)22-11/h1-7,11,19H,8-9H2,(H,18,20). The van der Waals surface area contributed by atoms with Crippen LogP contribution in [0.1, 0.15) is 10.4 Å². The van der Waals surface area contributed by atoms with Crippen LogP contribution in [0.4, 0.5) is 0 Å². The monoisotopic (exact) mass is 319 g/mol. The SMILES string of the molecule is O=C(NCC1COc2ccccc2O1)c1ccc(Cl)cc1O. The Labute approximate surface area is 132 Å². The molecule has 0 saturated heterocycles. The Hall–Kier alpha value is -2.40. The largest absolute Gasteiger partial charge is 0.507 e. The fraction of sp³-hybridized carbons (Fsp3) is 0.188. The Morgan fingerprint density at radius 3 is 2.82 bits per heavy atom. The van der Waals surface area contributed by atoms with Crippen LogP contribution in [0.15, 0.2) is 42.5 Å². The molecule has 1 aliphatic rings. The summed E-state index contributed by atoms with van der Waals surface area (Å²) in [4.78, 5) is 12.1. The van der Waals surface area contributed by atoms with E-state index in [-0.39, 0.29) is 24.0 Å². The predicted molar refractivity (Wildman–Crippen MR) is 81.8 cm³/mol. The number of amides is 1. The molecule has 2 aromatic rings. The van der Waals surface area contributed by atoms with Crippen molar-refractivity contribution in [1.82, 2.24) is 5.32 Å². The number of ether oxygens (including phenoxy) is 2. The van der Waals surface area contributed by atoms with Crippen molar-refractivity contribution in [3.05, 3.63) is 53.1 Å². The number of para-hydroxylation sites is 2. The molecule has 0 spiro atoms. The molecule has 5 nitrogen and oxygen atoms in total. The van der Waals surface area contributed by atoms with Crippen molar-refractivity contribution in [3.8, 4) is 17.2 Å². The van der Waals surface area contributed by atoms with Crippen LogP contribution in [0.3, 0.4) is 0 Å². The zero-order chi connectivity index (χ0) is 15.5. The molecule has 1 unspecified atom stereocenters. The van der Waals surface area contributed by atoms with Crippen LogP contribution < -0.4 is 14.8 Å². The van der Waals surface area contributed by atoms with Gasteiger partial charge in [0.15, 0.2) is 11.5 Å². The van der Waals surface area contributed by atoms with Crippen LogP contribution in [-0.4, -0.2) is 30.3 Å². The van der Waals surface area contributed by atoms with Gasteiger partial charge in [-0.25, -0.2) is 0 Å². The molecule has 0 bridgehead atoms. The molecule has 0 aliphatic carbocycles. The third kappa shape index (κ3) is 3.09. The van der Waals surface area contributed by atoms with E-state index in [1.54, 1.807) is 6.07 Å². The number of rotatable bonds is 3. The van der Waals surface area contributed by atoms with Gasteiger partial charge in [0.05, 0.1) is 12.1 Å². The van der Waals surface area contributed by atoms with Crippen molar-refractivity contribution in [2.24, 2.45) is 0 Å². The van der Waals surface area contributed by atoms with Crippen LogP contribution in [0.2, 0.25) is 5.02 Å². The summed E-state index contributed by atoms with van der Waals surface area (Å²) in [7, 11) is 0. The lowest BCUT2D eigenvalue weighted by molar-refractivity contribution is 0.0788. The van der Waals surface area contributed by atoms with E-state index < -0.39 is 5.91 Å². The quantitative estimate of drug-likeness (QED) is 0.912. The van der Waals surface area contributed by atoms with Crippen molar-refractivity contribution in [2.45, 2.75) is 6.10 Å². The molecule has 1 heterocycles. The van der Waals surface area contributed by atoms with Gasteiger partial charge in [-0.1, -0.05) is 23.7 Å². The Morgan fingerprint density at radius 1 is 1.27 bits per heavy atom. The van der Waals surface area contributed by atoms with Gasteiger partial charge in [-0.2, -0.15) is 0 Å². The molecule has 0 aromatic heterocycles. The minimum atomic E-state index is -0.392. The maximum absolute atomic E-state index is 12.1. The average molecular weight is 320 g/mol. The van der Waals surface area contributed by atoms with E-state index >= 15 is 0 Å². The summed E-state index contributed by atoms with van der Waals surface area (Å²) < 4.78 is 11.3. The van der Waals surface area contributed by atoms with E-state index in [0.29, 0.717) is 23.1 Å². The minimum Gasteiger partial charge on any atom is -0.507 e. The first-order valence-electron chi connectivity index (χ1n) is 6.78. The topological polar surface area (TPSA) is 67.8 Å². The summed E-state index contributed by atoms with van der Waals surface area (Å²) in [6, 6.07) is 11.7. The number of aromatic hydroxyl groups is 1. The molecule has 0 fully saturated rings. The lowest BCUT2D eigenvalue weighted by atomic mass is 10.2. The predicted octanol–water partition coefficient (Wildman–Crippen LogP) is 2.62. The number of benzene rings is 2. The van der Waals surface area contributed by atoms with Gasteiger partial charge in [-0.3, -0.25) is 4.79 Å². The number of fused-ring (bicyclic) bond motifs is 1. The first-order valence-corrected chi connectivity index (χ1v) is 7.16. The fourth-order valence-corrected chi connectivity index (χ4v) is 2.33. The molecular weight excluding hydrogens is 306 g/mol. The van der Waals surface area contributed by atoms with E-state index in [1.807, 2.05) is 24.3 Å². The van der Waals surface area contributed by atoms with Crippen molar-refractivity contribution in [3.63, 3.8) is 0 Å². The lowest BCUT2D eigenvalue weighted by Gasteiger charge is -2.26. The summed E-state index contributed by atoms with van der Waals surface area (Å²) in [6.45, 7) is 0.624. The number of nitrogens with one attached hydrogen (secondary N) is 1. The van der Waals surface area contributed by atoms with Gasteiger partial charge in [-0.05, 0) is 30.3 Å². The molecule has 6 heteroatoms. The zero-order valence-electron chi connectivity index (χ0n) is 11.6. The molecule has 1 atom stereocenters. The number of hydrogen-bond acceptors (Lipinski definition) is 4. The number of carbonyl (C=O) groups is 1. The number of phenolic OH excluding ortho intramolecular Hbond substituents is 1. The van der Waals surface area contributed by atoms with Crippen LogP contribution in [0, 0.1) is 0 Å². The smallest absolute Gasteiger partial charge is 0.255 e.